The van der Waals surface area contributed by atoms with Crippen molar-refractivity contribution in [1.82, 2.24) is 0 Å². The number of hydrogen-bond donors (Lipinski definition) is 0. The van der Waals surface area contributed by atoms with E-state index in [0.29, 0.717) is 16.5 Å². The third kappa shape index (κ3) is 1.63. The number of hydrogen-bond acceptors (Lipinski definition) is 2. The summed E-state index contributed by atoms with van der Waals surface area (Å²) in [6.45, 7) is 0. The molecule has 1 aromatic carbocycles. The van der Waals surface area contributed by atoms with Gasteiger partial charge in [0.25, 0.3) is 0 Å². The zero-order valence-corrected chi connectivity index (χ0v) is 7.95. The lowest BCUT2D eigenvalue weighted by Gasteiger charge is -1.96. The van der Waals surface area contributed by atoms with Crippen molar-refractivity contribution in [2.75, 3.05) is 0 Å². The van der Waals surface area contributed by atoms with Crippen LogP contribution in [0.2, 0.25) is 5.02 Å². The molecule has 3 heteroatoms. The summed E-state index contributed by atoms with van der Waals surface area (Å²) in [5, 5.41) is 9.23. The number of halogens is 1. The summed E-state index contributed by atoms with van der Waals surface area (Å²) in [6, 6.07) is 12.6. The first-order valence-electron chi connectivity index (χ1n) is 4.05. The largest absolute Gasteiger partial charge is 0.446 e. The molecule has 0 saturated heterocycles. The van der Waals surface area contributed by atoms with Crippen LogP contribution in [0.3, 0.4) is 0 Å². The average Bonchev–Trinajstić information content (AvgIpc) is 2.66. The van der Waals surface area contributed by atoms with Crippen molar-refractivity contribution in [2.24, 2.45) is 0 Å². The molecule has 0 fully saturated rings. The quantitative estimate of drug-likeness (QED) is 0.712. The standard InChI is InChI=1S/C11H6ClNO/c12-9-3-1-2-8(6-9)11-5-4-10(7-13)14-11/h1-6H. The third-order valence-electron chi connectivity index (χ3n) is 1.83. The van der Waals surface area contributed by atoms with Crippen LogP contribution in [0.15, 0.2) is 40.8 Å². The zero-order chi connectivity index (χ0) is 9.97. The second-order valence-corrected chi connectivity index (χ2v) is 3.22. The lowest BCUT2D eigenvalue weighted by atomic mass is 10.2. The van der Waals surface area contributed by atoms with Gasteiger partial charge in [0.2, 0.25) is 5.76 Å². The van der Waals surface area contributed by atoms with Crippen LogP contribution in [0.25, 0.3) is 11.3 Å². The first-order valence-corrected chi connectivity index (χ1v) is 4.43. The molecule has 0 radical (unpaired) electrons. The minimum atomic E-state index is 0.306. The van der Waals surface area contributed by atoms with Crippen molar-refractivity contribution in [1.29, 1.82) is 5.26 Å². The predicted octanol–water partition coefficient (Wildman–Crippen LogP) is 3.47. The molecule has 0 aliphatic rings. The SMILES string of the molecule is N#Cc1ccc(-c2cccc(Cl)c2)o1. The maximum Gasteiger partial charge on any atom is 0.204 e. The van der Waals surface area contributed by atoms with Crippen LogP contribution in [-0.4, -0.2) is 0 Å². The number of furan rings is 1. The second kappa shape index (κ2) is 3.57. The Hall–Kier alpha value is -1.72. The Bertz CT molecular complexity index is 496. The van der Waals surface area contributed by atoms with E-state index in [9.17, 15) is 0 Å². The highest BCUT2D eigenvalue weighted by molar-refractivity contribution is 6.30. The van der Waals surface area contributed by atoms with Crippen molar-refractivity contribution in [3.05, 3.63) is 47.2 Å². The van der Waals surface area contributed by atoms with Gasteiger partial charge in [-0.1, -0.05) is 23.7 Å². The monoisotopic (exact) mass is 203 g/mol. The maximum atomic E-state index is 8.58. The highest BCUT2D eigenvalue weighted by Crippen LogP contribution is 2.24. The van der Waals surface area contributed by atoms with Crippen LogP contribution in [-0.2, 0) is 0 Å². The fourth-order valence-electron chi connectivity index (χ4n) is 1.19. The molecule has 68 valence electrons. The highest BCUT2D eigenvalue weighted by atomic mass is 35.5. The maximum absolute atomic E-state index is 8.58. The summed E-state index contributed by atoms with van der Waals surface area (Å²) in [6.07, 6.45) is 0. The van der Waals surface area contributed by atoms with E-state index in [1.165, 1.54) is 0 Å². The molecule has 0 spiro atoms. The molecule has 2 rings (SSSR count). The Morgan fingerprint density at radius 1 is 1.21 bits per heavy atom. The number of nitriles is 1. The van der Waals surface area contributed by atoms with Gasteiger partial charge in [0.05, 0.1) is 0 Å². The van der Waals surface area contributed by atoms with Crippen molar-refractivity contribution in [2.45, 2.75) is 0 Å². The molecule has 14 heavy (non-hydrogen) atoms. The van der Waals surface area contributed by atoms with Crippen molar-refractivity contribution in [3.8, 4) is 17.4 Å². The Balaban J connectivity index is 2.45. The van der Waals surface area contributed by atoms with Gasteiger partial charge in [-0.3, -0.25) is 0 Å². The molecular formula is C11H6ClNO. The van der Waals surface area contributed by atoms with Crippen LogP contribution in [0, 0.1) is 11.3 Å². The number of nitrogens with zero attached hydrogens (tertiary/aromatic N) is 1. The summed E-state index contributed by atoms with van der Waals surface area (Å²) in [5.41, 5.74) is 0.874. The molecule has 1 aromatic heterocycles. The molecule has 0 N–H and O–H groups in total. The van der Waals surface area contributed by atoms with Gasteiger partial charge in [0.15, 0.2) is 0 Å². The molecule has 2 aromatic rings. The Morgan fingerprint density at radius 2 is 2.07 bits per heavy atom. The molecule has 0 unspecified atom stereocenters. The summed E-state index contributed by atoms with van der Waals surface area (Å²) < 4.78 is 5.25. The van der Waals surface area contributed by atoms with E-state index in [4.69, 9.17) is 21.3 Å². The van der Waals surface area contributed by atoms with Crippen LogP contribution in [0.1, 0.15) is 5.76 Å². The Morgan fingerprint density at radius 3 is 2.71 bits per heavy atom. The van der Waals surface area contributed by atoms with E-state index in [-0.39, 0.29) is 0 Å². The first-order chi connectivity index (χ1) is 6.79. The van der Waals surface area contributed by atoms with Gasteiger partial charge in [-0.05, 0) is 24.3 Å². The van der Waals surface area contributed by atoms with Crippen molar-refractivity contribution < 1.29 is 4.42 Å². The van der Waals surface area contributed by atoms with E-state index in [1.54, 1.807) is 24.3 Å². The van der Waals surface area contributed by atoms with E-state index >= 15 is 0 Å². The van der Waals surface area contributed by atoms with Gasteiger partial charge in [-0.2, -0.15) is 5.26 Å². The summed E-state index contributed by atoms with van der Waals surface area (Å²) in [7, 11) is 0. The van der Waals surface area contributed by atoms with Gasteiger partial charge in [0, 0.05) is 10.6 Å². The average molecular weight is 204 g/mol. The van der Waals surface area contributed by atoms with Gasteiger partial charge >= 0.3 is 0 Å². The Labute approximate surface area is 86.3 Å². The first kappa shape index (κ1) is 8.86. The predicted molar refractivity (Wildman–Crippen MR) is 53.9 cm³/mol. The summed E-state index contributed by atoms with van der Waals surface area (Å²) in [4.78, 5) is 0. The fraction of sp³-hybridized carbons (Fsp3) is 0. The molecule has 0 atom stereocenters. The van der Waals surface area contributed by atoms with Crippen molar-refractivity contribution in [3.63, 3.8) is 0 Å². The lowest BCUT2D eigenvalue weighted by Crippen LogP contribution is -1.72. The van der Waals surface area contributed by atoms with E-state index < -0.39 is 0 Å². The second-order valence-electron chi connectivity index (χ2n) is 2.79. The van der Waals surface area contributed by atoms with Gasteiger partial charge < -0.3 is 4.42 Å². The van der Waals surface area contributed by atoms with Crippen LogP contribution >= 0.6 is 11.6 Å². The lowest BCUT2D eigenvalue weighted by molar-refractivity contribution is 0.567. The normalized spacial score (nSPS) is 9.71. The molecule has 0 aliphatic carbocycles. The summed E-state index contributed by atoms with van der Waals surface area (Å²) >= 11 is 5.83. The van der Waals surface area contributed by atoms with Crippen molar-refractivity contribution >= 4 is 11.6 Å². The van der Waals surface area contributed by atoms with Gasteiger partial charge in [-0.25, -0.2) is 0 Å². The molecule has 1 heterocycles. The highest BCUT2D eigenvalue weighted by Gasteiger charge is 2.03. The fourth-order valence-corrected chi connectivity index (χ4v) is 1.39. The molecule has 2 nitrogen and oxygen atoms in total. The third-order valence-corrected chi connectivity index (χ3v) is 2.06. The van der Waals surface area contributed by atoms with Gasteiger partial charge in [0.1, 0.15) is 11.8 Å². The number of rotatable bonds is 1. The number of benzene rings is 1. The smallest absolute Gasteiger partial charge is 0.204 e. The molecule has 0 saturated carbocycles. The van der Waals surface area contributed by atoms with Crippen LogP contribution < -0.4 is 0 Å². The molecule has 0 aliphatic heterocycles. The Kier molecular flexibility index (Phi) is 2.26. The van der Waals surface area contributed by atoms with E-state index in [1.807, 2.05) is 18.2 Å². The van der Waals surface area contributed by atoms with E-state index in [0.717, 1.165) is 5.56 Å². The van der Waals surface area contributed by atoms with E-state index in [2.05, 4.69) is 0 Å². The molecular weight excluding hydrogens is 198 g/mol. The molecule has 0 amide bonds. The van der Waals surface area contributed by atoms with Crippen LogP contribution in [0.4, 0.5) is 0 Å². The zero-order valence-electron chi connectivity index (χ0n) is 7.20. The van der Waals surface area contributed by atoms with Gasteiger partial charge in [-0.15, -0.1) is 0 Å². The minimum Gasteiger partial charge on any atom is -0.446 e. The van der Waals surface area contributed by atoms with Crippen LogP contribution in [0.5, 0.6) is 0 Å². The molecule has 0 bridgehead atoms. The summed E-state index contributed by atoms with van der Waals surface area (Å²) in [5.74, 6) is 0.962. The minimum absolute atomic E-state index is 0.306. The topological polar surface area (TPSA) is 36.9 Å².